The van der Waals surface area contributed by atoms with Gasteiger partial charge in [-0.1, -0.05) is 23.7 Å². The molecule has 0 spiro atoms. The van der Waals surface area contributed by atoms with E-state index in [-0.39, 0.29) is 16.3 Å². The lowest BCUT2D eigenvalue weighted by Gasteiger charge is -2.12. The van der Waals surface area contributed by atoms with Crippen molar-refractivity contribution in [2.24, 2.45) is 0 Å². The van der Waals surface area contributed by atoms with Crippen LogP contribution in [0.3, 0.4) is 0 Å². The molecule has 2 N–H and O–H groups in total. The first kappa shape index (κ1) is 16.2. The number of aliphatic hydroxyl groups excluding tert-OH is 1. The predicted molar refractivity (Wildman–Crippen MR) is 82.3 cm³/mol. The van der Waals surface area contributed by atoms with Crippen LogP contribution in [-0.4, -0.2) is 13.5 Å². The van der Waals surface area contributed by atoms with Crippen molar-refractivity contribution in [3.8, 4) is 0 Å². The lowest BCUT2D eigenvalue weighted by atomic mass is 10.2. The second-order valence-electron chi connectivity index (χ2n) is 4.12. The Labute approximate surface area is 134 Å². The van der Waals surface area contributed by atoms with Gasteiger partial charge in [-0.15, -0.1) is 0 Å². The van der Waals surface area contributed by atoms with Gasteiger partial charge in [-0.25, -0.2) is 12.8 Å². The molecule has 0 saturated carbocycles. The topological polar surface area (TPSA) is 66.4 Å². The van der Waals surface area contributed by atoms with Crippen LogP contribution in [0, 0.1) is 5.82 Å². The maximum atomic E-state index is 14.1. The van der Waals surface area contributed by atoms with E-state index in [1.807, 2.05) is 0 Å². The molecular formula is C13H10BrClFNO3S. The standard InChI is InChI=1S/C13H10BrClFNO3S/c14-10-3-1-2-4-11(10)17-21(19,20)12-6-9(15)5-8(7-18)13(12)16/h1-6,17-18H,7H2. The number of hydrogen-bond donors (Lipinski definition) is 2. The molecule has 0 amide bonds. The molecule has 2 rings (SSSR count). The molecule has 0 bridgehead atoms. The van der Waals surface area contributed by atoms with Gasteiger partial charge in [-0.05, 0) is 40.2 Å². The van der Waals surface area contributed by atoms with E-state index in [1.165, 1.54) is 12.1 Å². The van der Waals surface area contributed by atoms with Crippen LogP contribution in [0.5, 0.6) is 0 Å². The van der Waals surface area contributed by atoms with E-state index in [0.29, 0.717) is 4.47 Å². The molecule has 21 heavy (non-hydrogen) atoms. The van der Waals surface area contributed by atoms with Crippen molar-refractivity contribution in [1.82, 2.24) is 0 Å². The third-order valence-electron chi connectivity index (χ3n) is 2.66. The van der Waals surface area contributed by atoms with Crippen molar-refractivity contribution < 1.29 is 17.9 Å². The number of rotatable bonds is 4. The van der Waals surface area contributed by atoms with Crippen molar-refractivity contribution in [2.45, 2.75) is 11.5 Å². The molecule has 0 saturated heterocycles. The minimum absolute atomic E-state index is 0.0213. The van der Waals surface area contributed by atoms with Gasteiger partial charge in [0.25, 0.3) is 10.0 Å². The summed E-state index contributed by atoms with van der Waals surface area (Å²) in [5, 5.41) is 9.07. The summed E-state index contributed by atoms with van der Waals surface area (Å²) in [6.45, 7) is -0.649. The number of anilines is 1. The highest BCUT2D eigenvalue weighted by Crippen LogP contribution is 2.28. The van der Waals surface area contributed by atoms with Gasteiger partial charge in [0, 0.05) is 15.1 Å². The highest BCUT2D eigenvalue weighted by molar-refractivity contribution is 9.10. The van der Waals surface area contributed by atoms with Gasteiger partial charge in [-0.2, -0.15) is 0 Å². The number of benzene rings is 2. The maximum absolute atomic E-state index is 14.1. The highest BCUT2D eigenvalue weighted by atomic mass is 79.9. The predicted octanol–water partition coefficient (Wildman–Crippen LogP) is 3.53. The Morgan fingerprint density at radius 3 is 2.57 bits per heavy atom. The molecule has 4 nitrogen and oxygen atoms in total. The smallest absolute Gasteiger partial charge is 0.264 e. The molecule has 0 aromatic heterocycles. The summed E-state index contributed by atoms with van der Waals surface area (Å²) in [6.07, 6.45) is 0. The van der Waals surface area contributed by atoms with Crippen molar-refractivity contribution in [1.29, 1.82) is 0 Å². The molecule has 0 radical (unpaired) electrons. The van der Waals surface area contributed by atoms with Gasteiger partial charge >= 0.3 is 0 Å². The van der Waals surface area contributed by atoms with E-state index in [1.54, 1.807) is 18.2 Å². The van der Waals surface area contributed by atoms with E-state index in [0.717, 1.165) is 6.07 Å². The summed E-state index contributed by atoms with van der Waals surface area (Å²) in [5.74, 6) is -1.03. The van der Waals surface area contributed by atoms with Crippen LogP contribution in [0.1, 0.15) is 5.56 Å². The normalized spacial score (nSPS) is 11.4. The molecular weight excluding hydrogens is 385 g/mol. The van der Waals surface area contributed by atoms with Crippen LogP contribution in [0.4, 0.5) is 10.1 Å². The molecule has 0 atom stereocenters. The lowest BCUT2D eigenvalue weighted by Crippen LogP contribution is -2.16. The molecule has 112 valence electrons. The third-order valence-corrected chi connectivity index (χ3v) is 4.93. The van der Waals surface area contributed by atoms with Crippen LogP contribution < -0.4 is 4.72 Å². The van der Waals surface area contributed by atoms with Crippen LogP contribution in [0.2, 0.25) is 5.02 Å². The van der Waals surface area contributed by atoms with Crippen molar-refractivity contribution in [3.63, 3.8) is 0 Å². The Hall–Kier alpha value is -1.15. The number of nitrogens with one attached hydrogen (secondary N) is 1. The molecule has 8 heteroatoms. The molecule has 2 aromatic rings. The summed E-state index contributed by atoms with van der Waals surface area (Å²) >= 11 is 8.96. The number of aliphatic hydroxyl groups is 1. The molecule has 0 unspecified atom stereocenters. The van der Waals surface area contributed by atoms with Gasteiger partial charge in [0.1, 0.15) is 10.7 Å². The Balaban J connectivity index is 2.50. The maximum Gasteiger partial charge on any atom is 0.264 e. The monoisotopic (exact) mass is 393 g/mol. The van der Waals surface area contributed by atoms with E-state index in [9.17, 15) is 12.8 Å². The number of halogens is 3. The Bertz CT molecular complexity index is 783. The SMILES string of the molecule is O=S(=O)(Nc1ccccc1Br)c1cc(Cl)cc(CO)c1F. The molecule has 0 heterocycles. The first-order chi connectivity index (χ1) is 9.85. The van der Waals surface area contributed by atoms with Crippen LogP contribution >= 0.6 is 27.5 Å². The first-order valence-electron chi connectivity index (χ1n) is 5.71. The summed E-state index contributed by atoms with van der Waals surface area (Å²) < 4.78 is 41.4. The van der Waals surface area contributed by atoms with E-state index >= 15 is 0 Å². The average molecular weight is 395 g/mol. The Morgan fingerprint density at radius 1 is 1.29 bits per heavy atom. The number of sulfonamides is 1. The fourth-order valence-corrected chi connectivity index (χ4v) is 3.72. The van der Waals surface area contributed by atoms with Crippen LogP contribution in [0.25, 0.3) is 0 Å². The van der Waals surface area contributed by atoms with Crippen molar-refractivity contribution >= 4 is 43.2 Å². The largest absolute Gasteiger partial charge is 0.392 e. The molecule has 0 aliphatic carbocycles. The molecule has 2 aromatic carbocycles. The van der Waals surface area contributed by atoms with Crippen LogP contribution in [-0.2, 0) is 16.6 Å². The van der Waals surface area contributed by atoms with E-state index < -0.39 is 27.3 Å². The zero-order valence-electron chi connectivity index (χ0n) is 10.5. The second-order valence-corrected chi connectivity index (χ2v) is 7.06. The van der Waals surface area contributed by atoms with Crippen molar-refractivity contribution in [2.75, 3.05) is 4.72 Å². The van der Waals surface area contributed by atoms with Gasteiger partial charge in [0.15, 0.2) is 0 Å². The first-order valence-corrected chi connectivity index (χ1v) is 8.36. The lowest BCUT2D eigenvalue weighted by molar-refractivity contribution is 0.274. The quantitative estimate of drug-likeness (QED) is 0.833. The van der Waals surface area contributed by atoms with Crippen molar-refractivity contribution in [3.05, 3.63) is 57.3 Å². The minimum atomic E-state index is -4.17. The Kier molecular flexibility index (Phi) is 4.88. The number of para-hydroxylation sites is 1. The van der Waals surface area contributed by atoms with E-state index in [2.05, 4.69) is 20.7 Å². The van der Waals surface area contributed by atoms with E-state index in [4.69, 9.17) is 16.7 Å². The summed E-state index contributed by atoms with van der Waals surface area (Å²) in [4.78, 5) is -0.616. The van der Waals surface area contributed by atoms with Gasteiger partial charge in [0.2, 0.25) is 0 Å². The summed E-state index contributed by atoms with van der Waals surface area (Å²) in [5.41, 5.74) is 0.0810. The Morgan fingerprint density at radius 2 is 1.95 bits per heavy atom. The van der Waals surface area contributed by atoms with Gasteiger partial charge < -0.3 is 5.11 Å². The van der Waals surface area contributed by atoms with Gasteiger partial charge in [-0.3, -0.25) is 4.72 Å². The molecule has 0 fully saturated rings. The molecule has 0 aliphatic heterocycles. The fraction of sp³-hybridized carbons (Fsp3) is 0.0769. The second kappa shape index (κ2) is 6.31. The zero-order chi connectivity index (χ0) is 15.6. The van der Waals surface area contributed by atoms with Gasteiger partial charge in [0.05, 0.1) is 12.3 Å². The zero-order valence-corrected chi connectivity index (χ0v) is 13.6. The fourth-order valence-electron chi connectivity index (χ4n) is 1.67. The molecule has 0 aliphatic rings. The number of hydrogen-bond acceptors (Lipinski definition) is 3. The summed E-state index contributed by atoms with van der Waals surface area (Å²) in [7, 11) is -4.17. The highest BCUT2D eigenvalue weighted by Gasteiger charge is 2.23. The minimum Gasteiger partial charge on any atom is -0.392 e. The summed E-state index contributed by atoms with van der Waals surface area (Å²) in [6, 6.07) is 8.69. The van der Waals surface area contributed by atoms with Crippen LogP contribution in [0.15, 0.2) is 45.8 Å². The average Bonchev–Trinajstić information content (AvgIpc) is 2.43. The third kappa shape index (κ3) is 3.55.